The Kier molecular flexibility index (Phi) is 17.3. The Morgan fingerprint density at radius 3 is 0.539 bits per heavy atom. The second-order valence-corrected chi connectivity index (χ2v) is 19.2. The summed E-state index contributed by atoms with van der Waals surface area (Å²) in [5.41, 5.74) is 8.00. The van der Waals surface area contributed by atoms with Crippen molar-refractivity contribution >= 4 is 0 Å². The summed E-state index contributed by atoms with van der Waals surface area (Å²) < 4.78 is 60.6. The number of hydrogen-bond acceptors (Lipinski definition) is 8. The minimum atomic E-state index is -0.255. The van der Waals surface area contributed by atoms with E-state index in [1.54, 1.807) is 56.9 Å². The van der Waals surface area contributed by atoms with Crippen LogP contribution in [0.3, 0.4) is 0 Å². The van der Waals surface area contributed by atoms with Crippen LogP contribution in [-0.4, -0.2) is 56.9 Å². The van der Waals surface area contributed by atoms with Crippen molar-refractivity contribution in [2.45, 2.75) is 75.5 Å². The Hall–Kier alpha value is -8.12. The number of benzene rings is 4. The summed E-state index contributed by atoms with van der Waals surface area (Å²) in [6.45, 7) is 2.82. The number of rotatable bonds is 20. The lowest BCUT2D eigenvalue weighted by Gasteiger charge is -2.31. The number of pyridine rings is 4. The Morgan fingerprint density at radius 1 is 0.237 bits per heavy atom. The minimum Gasteiger partial charge on any atom is -0.496 e. The Balaban J connectivity index is 1.42. The standard InChI is InChI=1S/C64H72N4O8/c1-69-57-41-58(70-2)50-37-49(57)45(21-33-65-25-13-9-14-26-65)51-38-52(60(72-4)42-59(51)71-3)47(23-35-67-29-17-11-18-30-67)55-40-56(64(76-8)44-63(55)75-7)48(24-36-68-31-19-12-20-32-68)54-39-53(61(73-5)43-62(54)74-6)46(50)22-34-66-27-15-10-16-28-66/h9-20,25-32,37-48H,21-24,33-36H2,1-8H3/q+4. The first kappa shape index (κ1) is 52.7. The maximum atomic E-state index is 6.47. The van der Waals surface area contributed by atoms with E-state index in [1.807, 2.05) is 24.3 Å². The molecule has 0 unspecified atom stereocenters. The summed E-state index contributed by atoms with van der Waals surface area (Å²) in [5, 5.41) is 0. The van der Waals surface area contributed by atoms with Gasteiger partial charge in [0.2, 0.25) is 0 Å². The molecule has 4 aromatic heterocycles. The zero-order valence-electron chi connectivity index (χ0n) is 45.2. The number of aromatic nitrogens is 4. The van der Waals surface area contributed by atoms with Gasteiger partial charge in [-0.2, -0.15) is 0 Å². The molecule has 76 heavy (non-hydrogen) atoms. The van der Waals surface area contributed by atoms with Crippen molar-refractivity contribution in [3.8, 4) is 46.0 Å². The molecule has 4 heterocycles. The molecular formula is C64H72N4O8+4. The fourth-order valence-electron chi connectivity index (χ4n) is 11.3. The molecule has 392 valence electrons. The Bertz CT molecular complexity index is 2640. The summed E-state index contributed by atoms with van der Waals surface area (Å²) in [5.74, 6) is 4.64. The highest BCUT2D eigenvalue weighted by molar-refractivity contribution is 5.63. The molecule has 8 bridgehead atoms. The number of ether oxygens (including phenoxy) is 8. The van der Waals surface area contributed by atoms with Gasteiger partial charge in [-0.1, -0.05) is 24.3 Å². The van der Waals surface area contributed by atoms with E-state index in [9.17, 15) is 0 Å². The van der Waals surface area contributed by atoms with Crippen LogP contribution in [0, 0.1) is 0 Å². The van der Waals surface area contributed by atoms with Crippen molar-refractivity contribution < 1.29 is 56.2 Å². The summed E-state index contributed by atoms with van der Waals surface area (Å²) in [7, 11) is 13.9. The van der Waals surface area contributed by atoms with E-state index < -0.39 is 0 Å². The summed E-state index contributed by atoms with van der Waals surface area (Å²) >= 11 is 0. The molecule has 0 radical (unpaired) electrons. The first-order chi connectivity index (χ1) is 37.3. The highest BCUT2D eigenvalue weighted by atomic mass is 16.5. The number of methoxy groups -OCH3 is 8. The highest BCUT2D eigenvalue weighted by Gasteiger charge is 2.36. The number of nitrogens with zero attached hydrogens (tertiary/aromatic N) is 4. The predicted molar refractivity (Wildman–Crippen MR) is 291 cm³/mol. The summed E-state index contributed by atoms with van der Waals surface area (Å²) in [6.07, 6.45) is 19.7. The van der Waals surface area contributed by atoms with Gasteiger partial charge in [0.05, 0.1) is 56.9 Å². The zero-order chi connectivity index (χ0) is 53.0. The Labute approximate surface area is 448 Å². The summed E-state index contributed by atoms with van der Waals surface area (Å²) in [4.78, 5) is 0. The maximum absolute atomic E-state index is 6.47. The molecule has 0 fully saturated rings. The van der Waals surface area contributed by atoms with Crippen LogP contribution in [0.4, 0.5) is 0 Å². The molecule has 1 aliphatic carbocycles. The molecular weight excluding hydrogens is 953 g/mol. The van der Waals surface area contributed by atoms with Gasteiger partial charge in [0.1, 0.15) is 72.2 Å². The van der Waals surface area contributed by atoms with Crippen LogP contribution in [0.25, 0.3) is 0 Å². The van der Waals surface area contributed by atoms with Gasteiger partial charge in [0, 0.05) is 167 Å². The number of fused-ring (bicyclic) bond motifs is 8. The molecule has 1 aliphatic rings. The molecule has 0 saturated carbocycles. The van der Waals surface area contributed by atoms with Gasteiger partial charge in [-0.15, -0.1) is 0 Å². The van der Waals surface area contributed by atoms with E-state index in [2.05, 4.69) is 165 Å². The van der Waals surface area contributed by atoms with Crippen LogP contribution in [0.1, 0.15) is 93.9 Å². The lowest BCUT2D eigenvalue weighted by molar-refractivity contribution is -0.697. The van der Waals surface area contributed by atoms with Crippen LogP contribution >= 0.6 is 0 Å². The van der Waals surface area contributed by atoms with Gasteiger partial charge >= 0.3 is 0 Å². The van der Waals surface area contributed by atoms with Gasteiger partial charge in [0.25, 0.3) is 0 Å². The molecule has 0 amide bonds. The third-order valence-corrected chi connectivity index (χ3v) is 15.1. The van der Waals surface area contributed by atoms with Crippen molar-refractivity contribution in [1.82, 2.24) is 0 Å². The largest absolute Gasteiger partial charge is 0.496 e. The molecule has 0 spiro atoms. The first-order valence-electron chi connectivity index (χ1n) is 26.1. The smallest absolute Gasteiger partial charge is 0.168 e. The van der Waals surface area contributed by atoms with Gasteiger partial charge in [-0.05, 0) is 24.3 Å². The molecule has 9 rings (SSSR count). The van der Waals surface area contributed by atoms with Crippen LogP contribution in [0.2, 0.25) is 0 Å². The minimum absolute atomic E-state index is 0.255. The second-order valence-electron chi connectivity index (χ2n) is 19.2. The zero-order valence-corrected chi connectivity index (χ0v) is 45.2. The van der Waals surface area contributed by atoms with Crippen molar-refractivity contribution in [1.29, 1.82) is 0 Å². The van der Waals surface area contributed by atoms with E-state index in [0.29, 0.717) is 97.9 Å². The monoisotopic (exact) mass is 1020 g/mol. The molecule has 12 heteroatoms. The number of hydrogen-bond donors (Lipinski definition) is 0. The van der Waals surface area contributed by atoms with Crippen LogP contribution in [0.5, 0.6) is 46.0 Å². The lowest BCUT2D eigenvalue weighted by Crippen LogP contribution is -2.34. The van der Waals surface area contributed by atoms with E-state index in [0.717, 1.165) is 44.5 Å². The highest BCUT2D eigenvalue weighted by Crippen LogP contribution is 2.52. The number of aryl methyl sites for hydroxylation is 4. The first-order valence-corrected chi connectivity index (χ1v) is 26.1. The quantitative estimate of drug-likeness (QED) is 0.0698. The van der Waals surface area contributed by atoms with Crippen molar-refractivity contribution in [2.24, 2.45) is 0 Å². The van der Waals surface area contributed by atoms with E-state index in [4.69, 9.17) is 37.9 Å². The molecule has 12 nitrogen and oxygen atoms in total. The molecule has 0 saturated heterocycles. The van der Waals surface area contributed by atoms with Crippen LogP contribution < -0.4 is 56.2 Å². The Morgan fingerprint density at radius 2 is 0.395 bits per heavy atom. The van der Waals surface area contributed by atoms with Crippen molar-refractivity contribution in [2.75, 3.05) is 56.9 Å². The van der Waals surface area contributed by atoms with E-state index >= 15 is 0 Å². The third kappa shape index (κ3) is 11.4. The van der Waals surface area contributed by atoms with Gasteiger partial charge < -0.3 is 37.9 Å². The molecule has 0 N–H and O–H groups in total. The van der Waals surface area contributed by atoms with Crippen molar-refractivity contribution in [3.05, 3.63) is 215 Å². The normalized spacial score (nSPS) is 15.8. The molecule has 0 aliphatic heterocycles. The lowest BCUT2D eigenvalue weighted by atomic mass is 9.77. The predicted octanol–water partition coefficient (Wildman–Crippen LogP) is 10.1. The maximum Gasteiger partial charge on any atom is 0.168 e. The summed E-state index contributed by atoms with van der Waals surface area (Å²) in [6, 6.07) is 42.3. The van der Waals surface area contributed by atoms with E-state index in [1.165, 1.54) is 0 Å². The average Bonchev–Trinajstić information content (AvgIpc) is 3.48. The van der Waals surface area contributed by atoms with Gasteiger partial charge in [0.15, 0.2) is 49.6 Å². The van der Waals surface area contributed by atoms with E-state index in [-0.39, 0.29) is 23.7 Å². The SMILES string of the molecule is COc1cc(OC)c2cc1C(CC[n+]1ccccc1)c1cc(c(OC)cc1OC)C(CC[n+]1ccccc1)c1cc(c(OC)cc1OC)C(CC[n+]1ccccc1)c1cc(c(OC)cc1OC)C2CC[n+]1ccccc1. The fraction of sp³-hybridized carbons (Fsp3) is 0.312. The molecule has 4 aromatic carbocycles. The topological polar surface area (TPSA) is 89.4 Å². The van der Waals surface area contributed by atoms with Gasteiger partial charge in [-0.25, -0.2) is 18.3 Å². The molecule has 8 aromatic rings. The average molecular weight is 1030 g/mol. The second kappa shape index (κ2) is 24.9. The molecule has 0 atom stereocenters. The third-order valence-electron chi connectivity index (χ3n) is 15.1. The van der Waals surface area contributed by atoms with Crippen molar-refractivity contribution in [3.63, 3.8) is 0 Å². The fourth-order valence-corrected chi connectivity index (χ4v) is 11.3. The van der Waals surface area contributed by atoms with Crippen LogP contribution in [-0.2, 0) is 26.2 Å². The van der Waals surface area contributed by atoms with Gasteiger partial charge in [-0.3, -0.25) is 0 Å². The van der Waals surface area contributed by atoms with Crippen LogP contribution in [0.15, 0.2) is 171 Å².